The summed E-state index contributed by atoms with van der Waals surface area (Å²) in [5, 5.41) is 13.6. The molecule has 2 heteroatoms. The molecule has 1 aliphatic heterocycles. The molecule has 0 aromatic heterocycles. The fourth-order valence-corrected chi connectivity index (χ4v) is 2.57. The molecule has 2 nitrogen and oxygen atoms in total. The van der Waals surface area contributed by atoms with Crippen LogP contribution >= 0.6 is 0 Å². The summed E-state index contributed by atoms with van der Waals surface area (Å²) in [4.78, 5) is 0. The first-order valence-electron chi connectivity index (χ1n) is 6.14. The third-order valence-corrected chi connectivity index (χ3v) is 3.54. The van der Waals surface area contributed by atoms with Crippen LogP contribution in [-0.2, 0) is 0 Å². The number of nitrogens with one attached hydrogen (secondary N) is 1. The Labute approximate surface area is 97.7 Å². The summed E-state index contributed by atoms with van der Waals surface area (Å²) < 4.78 is 0. The van der Waals surface area contributed by atoms with E-state index >= 15 is 0 Å². The maximum atomic E-state index is 10.3. The Bertz CT molecular complexity index is 379. The number of rotatable bonds is 2. The second kappa shape index (κ2) is 4.46. The largest absolute Gasteiger partial charge is 0.507 e. The molecule has 88 valence electrons. The highest BCUT2D eigenvalue weighted by Gasteiger charge is 2.24. The molecule has 2 N–H and O–H groups in total. The predicted molar refractivity (Wildman–Crippen MR) is 67.2 cm³/mol. The Kier molecular flexibility index (Phi) is 3.20. The molecule has 0 amide bonds. The molecule has 1 unspecified atom stereocenters. The van der Waals surface area contributed by atoms with Crippen molar-refractivity contribution >= 4 is 0 Å². The summed E-state index contributed by atoms with van der Waals surface area (Å²) in [7, 11) is 0. The Morgan fingerprint density at radius 2 is 2.12 bits per heavy atom. The van der Waals surface area contributed by atoms with E-state index in [0.717, 1.165) is 25.1 Å². The summed E-state index contributed by atoms with van der Waals surface area (Å²) in [6.45, 7) is 8.42. The summed E-state index contributed by atoms with van der Waals surface area (Å²) >= 11 is 0. The van der Waals surface area contributed by atoms with Crippen molar-refractivity contribution < 1.29 is 5.11 Å². The van der Waals surface area contributed by atoms with Crippen LogP contribution in [0, 0.1) is 6.92 Å². The molecule has 16 heavy (non-hydrogen) atoms. The van der Waals surface area contributed by atoms with Gasteiger partial charge in [-0.1, -0.05) is 26.0 Å². The van der Waals surface area contributed by atoms with Gasteiger partial charge in [-0.15, -0.1) is 0 Å². The highest BCUT2D eigenvalue weighted by Crippen LogP contribution is 2.38. The van der Waals surface area contributed by atoms with Gasteiger partial charge in [0, 0.05) is 18.0 Å². The van der Waals surface area contributed by atoms with Gasteiger partial charge in [0.2, 0.25) is 0 Å². The van der Waals surface area contributed by atoms with Gasteiger partial charge in [0.1, 0.15) is 5.75 Å². The van der Waals surface area contributed by atoms with E-state index in [-0.39, 0.29) is 0 Å². The number of aromatic hydroxyl groups is 1. The van der Waals surface area contributed by atoms with Crippen LogP contribution in [0.15, 0.2) is 12.1 Å². The third kappa shape index (κ3) is 1.94. The third-order valence-electron chi connectivity index (χ3n) is 3.54. The molecule has 0 spiro atoms. The van der Waals surface area contributed by atoms with Gasteiger partial charge in [-0.3, -0.25) is 0 Å². The van der Waals surface area contributed by atoms with Crippen molar-refractivity contribution in [1.82, 2.24) is 5.32 Å². The lowest BCUT2D eigenvalue weighted by Gasteiger charge is -2.20. The molecular weight excluding hydrogens is 198 g/mol. The van der Waals surface area contributed by atoms with Gasteiger partial charge in [-0.05, 0) is 36.9 Å². The van der Waals surface area contributed by atoms with Gasteiger partial charge < -0.3 is 10.4 Å². The number of hydrogen-bond acceptors (Lipinski definition) is 2. The van der Waals surface area contributed by atoms with Crippen LogP contribution in [0.3, 0.4) is 0 Å². The van der Waals surface area contributed by atoms with Gasteiger partial charge >= 0.3 is 0 Å². The fourth-order valence-electron chi connectivity index (χ4n) is 2.57. The minimum atomic E-state index is 0.474. The first kappa shape index (κ1) is 11.5. The molecule has 1 aromatic rings. The molecule has 0 aliphatic carbocycles. The minimum Gasteiger partial charge on any atom is -0.507 e. The maximum Gasteiger partial charge on any atom is 0.122 e. The van der Waals surface area contributed by atoms with Gasteiger partial charge in [-0.25, -0.2) is 0 Å². The van der Waals surface area contributed by atoms with Gasteiger partial charge in [0.25, 0.3) is 0 Å². The highest BCUT2D eigenvalue weighted by atomic mass is 16.3. The summed E-state index contributed by atoms with van der Waals surface area (Å²) in [5.41, 5.74) is 3.48. The van der Waals surface area contributed by atoms with Gasteiger partial charge in [-0.2, -0.15) is 0 Å². The van der Waals surface area contributed by atoms with E-state index in [4.69, 9.17) is 0 Å². The molecule has 1 saturated heterocycles. The average Bonchev–Trinajstić information content (AvgIpc) is 2.74. The standard InChI is InChI=1S/C14H21NO/c1-9(2)12-5-4-10(3)14(16)13(12)11-6-7-15-8-11/h4-5,9,11,15-16H,6-8H2,1-3H3. The Morgan fingerprint density at radius 1 is 1.38 bits per heavy atom. The SMILES string of the molecule is Cc1ccc(C(C)C)c(C2CCNC2)c1O. The second-order valence-corrected chi connectivity index (χ2v) is 5.08. The monoisotopic (exact) mass is 219 g/mol. The van der Waals surface area contributed by atoms with E-state index in [1.165, 1.54) is 11.1 Å². The smallest absolute Gasteiger partial charge is 0.122 e. The van der Waals surface area contributed by atoms with Crippen LogP contribution in [0.25, 0.3) is 0 Å². The van der Waals surface area contributed by atoms with Gasteiger partial charge in [0.15, 0.2) is 0 Å². The lowest BCUT2D eigenvalue weighted by molar-refractivity contribution is 0.456. The lowest BCUT2D eigenvalue weighted by Crippen LogP contribution is -2.10. The zero-order chi connectivity index (χ0) is 11.7. The fraction of sp³-hybridized carbons (Fsp3) is 0.571. The average molecular weight is 219 g/mol. The second-order valence-electron chi connectivity index (χ2n) is 5.08. The summed E-state index contributed by atoms with van der Waals surface area (Å²) in [6, 6.07) is 4.20. The molecule has 0 saturated carbocycles. The molecule has 1 aliphatic rings. The predicted octanol–water partition coefficient (Wildman–Crippen LogP) is 2.90. The number of benzene rings is 1. The molecule has 1 atom stereocenters. The van der Waals surface area contributed by atoms with Crippen molar-refractivity contribution in [3.63, 3.8) is 0 Å². The van der Waals surface area contributed by atoms with E-state index in [2.05, 4.69) is 25.2 Å². The molecular formula is C14H21NO. The Balaban J connectivity index is 2.49. The van der Waals surface area contributed by atoms with Crippen molar-refractivity contribution in [3.8, 4) is 5.75 Å². The van der Waals surface area contributed by atoms with Crippen LogP contribution < -0.4 is 5.32 Å². The molecule has 1 heterocycles. The van der Waals surface area contributed by atoms with Gasteiger partial charge in [0.05, 0.1) is 0 Å². The van der Waals surface area contributed by atoms with Crippen molar-refractivity contribution in [2.75, 3.05) is 13.1 Å². The summed E-state index contributed by atoms with van der Waals surface area (Å²) in [6.07, 6.45) is 1.14. The summed E-state index contributed by atoms with van der Waals surface area (Å²) in [5.74, 6) is 1.47. The highest BCUT2D eigenvalue weighted by molar-refractivity contribution is 5.48. The van der Waals surface area contributed by atoms with Crippen LogP contribution in [0.2, 0.25) is 0 Å². The number of hydrogen-bond donors (Lipinski definition) is 2. The molecule has 1 fully saturated rings. The number of aryl methyl sites for hydroxylation is 1. The maximum absolute atomic E-state index is 10.3. The number of phenolic OH excluding ortho intramolecular Hbond substituents is 1. The van der Waals surface area contributed by atoms with Crippen LogP contribution in [0.1, 0.15) is 48.8 Å². The van der Waals surface area contributed by atoms with Crippen LogP contribution in [0.4, 0.5) is 0 Å². The molecule has 0 radical (unpaired) electrons. The van der Waals surface area contributed by atoms with E-state index in [1.807, 2.05) is 13.0 Å². The Hall–Kier alpha value is -1.02. The van der Waals surface area contributed by atoms with Crippen molar-refractivity contribution in [3.05, 3.63) is 28.8 Å². The van der Waals surface area contributed by atoms with Crippen LogP contribution in [-0.4, -0.2) is 18.2 Å². The van der Waals surface area contributed by atoms with E-state index in [0.29, 0.717) is 17.6 Å². The molecule has 0 bridgehead atoms. The van der Waals surface area contributed by atoms with E-state index < -0.39 is 0 Å². The first-order chi connectivity index (χ1) is 7.61. The molecule has 2 rings (SSSR count). The van der Waals surface area contributed by atoms with Crippen molar-refractivity contribution in [2.24, 2.45) is 0 Å². The minimum absolute atomic E-state index is 0.474. The topological polar surface area (TPSA) is 32.3 Å². The van der Waals surface area contributed by atoms with E-state index in [1.54, 1.807) is 0 Å². The number of phenols is 1. The van der Waals surface area contributed by atoms with E-state index in [9.17, 15) is 5.11 Å². The quantitative estimate of drug-likeness (QED) is 0.801. The molecule has 1 aromatic carbocycles. The zero-order valence-electron chi connectivity index (χ0n) is 10.4. The van der Waals surface area contributed by atoms with Crippen LogP contribution in [0.5, 0.6) is 5.75 Å². The van der Waals surface area contributed by atoms with Crippen molar-refractivity contribution in [2.45, 2.75) is 39.0 Å². The first-order valence-corrected chi connectivity index (χ1v) is 6.14. The zero-order valence-corrected chi connectivity index (χ0v) is 10.4. The normalized spacial score (nSPS) is 20.6. The Morgan fingerprint density at radius 3 is 2.69 bits per heavy atom. The van der Waals surface area contributed by atoms with Crippen molar-refractivity contribution in [1.29, 1.82) is 0 Å². The lowest BCUT2D eigenvalue weighted by atomic mass is 9.86.